The van der Waals surface area contributed by atoms with Crippen LogP contribution in [0.25, 0.3) is 0 Å². The van der Waals surface area contributed by atoms with Crippen LogP contribution in [0.1, 0.15) is 110 Å². The maximum absolute atomic E-state index is 12.6. The molecule has 340 valence electrons. The van der Waals surface area contributed by atoms with Gasteiger partial charge in [-0.25, -0.2) is 4.57 Å². The first-order chi connectivity index (χ1) is 28.9. The highest BCUT2D eigenvalue weighted by atomic mass is 31.2. The van der Waals surface area contributed by atoms with E-state index in [4.69, 9.17) is 19.1 Å². The van der Waals surface area contributed by atoms with E-state index in [1.807, 2.05) is 31.2 Å². The Morgan fingerprint density at radius 2 is 1.20 bits per heavy atom. The molecule has 0 aliphatic carbocycles. The molecule has 0 radical (unpaired) electrons. The van der Waals surface area contributed by atoms with Crippen molar-refractivity contribution >= 4 is 19.8 Å². The summed E-state index contributed by atoms with van der Waals surface area (Å²) >= 11 is 0. The lowest BCUT2D eigenvalue weighted by atomic mass is 10.1. The Bertz CT molecular complexity index is 1410. The molecule has 6 N–H and O–H groups in total. The minimum Gasteiger partial charge on any atom is -0.462 e. The van der Waals surface area contributed by atoms with Crippen LogP contribution in [-0.2, 0) is 32.7 Å². The van der Waals surface area contributed by atoms with Crippen LogP contribution in [0.4, 0.5) is 0 Å². The lowest BCUT2D eigenvalue weighted by Gasteiger charge is -2.20. The first-order valence-electron chi connectivity index (χ1n) is 21.2. The molecule has 0 saturated carbocycles. The molecule has 0 bridgehead atoms. The van der Waals surface area contributed by atoms with Crippen LogP contribution >= 0.6 is 7.82 Å². The fourth-order valence-electron chi connectivity index (χ4n) is 4.85. The van der Waals surface area contributed by atoms with Gasteiger partial charge in [-0.3, -0.25) is 18.6 Å². The zero-order valence-corrected chi connectivity index (χ0v) is 36.6. The SMILES string of the molecule is CC/C=C\C[C@H](O)/C=C/C=C/C=C\C=C/[C@@H](O)[C@H](O)CCCC(=O)O[C@H](COC(=O)CCC/C=C\C/C=C\C/C=C\C/C=C\CCCCC)COP(=O)(O)OC[C@@H](O)CO. The predicted molar refractivity (Wildman–Crippen MR) is 237 cm³/mol. The molecule has 0 aromatic rings. The van der Waals surface area contributed by atoms with Crippen molar-refractivity contribution in [1.82, 2.24) is 0 Å². The van der Waals surface area contributed by atoms with Gasteiger partial charge in [0.25, 0.3) is 0 Å². The van der Waals surface area contributed by atoms with Gasteiger partial charge in [0.2, 0.25) is 0 Å². The molecule has 0 spiro atoms. The summed E-state index contributed by atoms with van der Waals surface area (Å²) in [5, 5.41) is 48.7. The Kier molecular flexibility index (Phi) is 37.3. The third kappa shape index (κ3) is 37.5. The molecule has 0 rings (SSSR count). The van der Waals surface area contributed by atoms with Gasteiger partial charge in [0, 0.05) is 12.8 Å². The molecule has 0 amide bonds. The number of aliphatic hydroxyl groups excluding tert-OH is 5. The Morgan fingerprint density at radius 1 is 0.633 bits per heavy atom. The van der Waals surface area contributed by atoms with Gasteiger partial charge in [0.15, 0.2) is 6.10 Å². The highest BCUT2D eigenvalue weighted by Gasteiger charge is 2.27. The zero-order valence-electron chi connectivity index (χ0n) is 35.7. The fourth-order valence-corrected chi connectivity index (χ4v) is 5.64. The summed E-state index contributed by atoms with van der Waals surface area (Å²) in [6, 6.07) is 0. The summed E-state index contributed by atoms with van der Waals surface area (Å²) < 4.78 is 32.4. The van der Waals surface area contributed by atoms with Crippen molar-refractivity contribution in [2.45, 2.75) is 141 Å². The van der Waals surface area contributed by atoms with Gasteiger partial charge in [0.1, 0.15) is 12.7 Å². The lowest BCUT2D eigenvalue weighted by molar-refractivity contribution is -0.161. The van der Waals surface area contributed by atoms with Crippen molar-refractivity contribution in [1.29, 1.82) is 0 Å². The number of ether oxygens (including phenoxy) is 2. The van der Waals surface area contributed by atoms with Crippen molar-refractivity contribution in [3.8, 4) is 0 Å². The quantitative estimate of drug-likeness (QED) is 0.0116. The molecule has 0 aromatic carbocycles. The minimum atomic E-state index is -4.74. The van der Waals surface area contributed by atoms with Crippen molar-refractivity contribution in [2.75, 3.05) is 26.4 Å². The summed E-state index contributed by atoms with van der Waals surface area (Å²) in [6.07, 6.45) is 38.6. The maximum Gasteiger partial charge on any atom is 0.472 e. The molecule has 0 aliphatic rings. The van der Waals surface area contributed by atoms with Gasteiger partial charge < -0.3 is 39.9 Å². The van der Waals surface area contributed by atoms with E-state index in [0.717, 1.165) is 32.1 Å². The number of hydrogen-bond acceptors (Lipinski definition) is 12. The monoisotopic (exact) mass is 864 g/mol. The smallest absolute Gasteiger partial charge is 0.462 e. The summed E-state index contributed by atoms with van der Waals surface area (Å²) in [7, 11) is -4.74. The summed E-state index contributed by atoms with van der Waals surface area (Å²) in [5.41, 5.74) is 0. The van der Waals surface area contributed by atoms with Gasteiger partial charge in [-0.1, -0.05) is 136 Å². The first-order valence-corrected chi connectivity index (χ1v) is 22.7. The van der Waals surface area contributed by atoms with E-state index in [1.165, 1.54) is 25.3 Å². The van der Waals surface area contributed by atoms with E-state index in [1.54, 1.807) is 42.5 Å². The molecule has 0 aliphatic heterocycles. The highest BCUT2D eigenvalue weighted by Crippen LogP contribution is 2.43. The van der Waals surface area contributed by atoms with E-state index in [0.29, 0.717) is 19.3 Å². The van der Waals surface area contributed by atoms with Gasteiger partial charge >= 0.3 is 19.8 Å². The van der Waals surface area contributed by atoms with E-state index < -0.39 is 76.7 Å². The lowest BCUT2D eigenvalue weighted by Crippen LogP contribution is -2.30. The summed E-state index contributed by atoms with van der Waals surface area (Å²) in [6.45, 7) is 1.66. The largest absolute Gasteiger partial charge is 0.472 e. The Morgan fingerprint density at radius 3 is 1.82 bits per heavy atom. The molecule has 0 fully saturated rings. The number of hydrogen-bond donors (Lipinski definition) is 6. The summed E-state index contributed by atoms with van der Waals surface area (Å²) in [5.74, 6) is -1.34. The number of allylic oxidation sites excluding steroid dienone is 15. The van der Waals surface area contributed by atoms with Crippen molar-refractivity contribution in [2.24, 2.45) is 0 Å². The molecular formula is C46H73O13P. The van der Waals surface area contributed by atoms with E-state index in [2.05, 4.69) is 47.9 Å². The molecule has 0 saturated heterocycles. The Labute approximate surface area is 358 Å². The van der Waals surface area contributed by atoms with Gasteiger partial charge in [-0.15, -0.1) is 0 Å². The van der Waals surface area contributed by atoms with Gasteiger partial charge in [-0.05, 0) is 70.6 Å². The number of carbonyl (C=O) groups is 2. The number of phosphoric ester groups is 1. The van der Waals surface area contributed by atoms with Crippen LogP contribution in [0.3, 0.4) is 0 Å². The fraction of sp³-hybridized carbons (Fsp3) is 0.565. The normalized spacial score (nSPS) is 16.5. The first kappa shape index (κ1) is 56.5. The second-order valence-corrected chi connectivity index (χ2v) is 15.3. The van der Waals surface area contributed by atoms with Crippen LogP contribution in [-0.4, -0.2) is 99.3 Å². The predicted octanol–water partition coefficient (Wildman–Crippen LogP) is 7.91. The summed E-state index contributed by atoms with van der Waals surface area (Å²) in [4.78, 5) is 35.0. The van der Waals surface area contributed by atoms with E-state index >= 15 is 0 Å². The number of rotatable bonds is 37. The second-order valence-electron chi connectivity index (χ2n) is 13.8. The Balaban J connectivity index is 4.77. The van der Waals surface area contributed by atoms with Crippen LogP contribution < -0.4 is 0 Å². The third-order valence-electron chi connectivity index (χ3n) is 8.25. The third-order valence-corrected chi connectivity index (χ3v) is 9.20. The molecule has 14 heteroatoms. The van der Waals surface area contributed by atoms with Crippen LogP contribution in [0.5, 0.6) is 0 Å². The average molecular weight is 865 g/mol. The molecule has 60 heavy (non-hydrogen) atoms. The zero-order chi connectivity index (χ0) is 44.5. The van der Waals surface area contributed by atoms with Crippen LogP contribution in [0, 0.1) is 0 Å². The van der Waals surface area contributed by atoms with E-state index in [-0.39, 0.29) is 25.7 Å². The topological polar surface area (TPSA) is 210 Å². The van der Waals surface area contributed by atoms with Gasteiger partial charge in [0.05, 0.1) is 38.1 Å². The number of unbranched alkanes of at least 4 members (excludes halogenated alkanes) is 4. The number of carbonyl (C=O) groups excluding carboxylic acids is 2. The molecule has 0 aromatic heterocycles. The number of aliphatic hydroxyl groups is 5. The van der Waals surface area contributed by atoms with Crippen LogP contribution in [0.2, 0.25) is 0 Å². The van der Waals surface area contributed by atoms with Gasteiger partial charge in [-0.2, -0.15) is 0 Å². The molecule has 0 heterocycles. The van der Waals surface area contributed by atoms with E-state index in [9.17, 15) is 39.5 Å². The molecule has 6 atom stereocenters. The standard InChI is InChI=1S/C46H73O13P/c1-3-5-7-8-9-10-11-12-13-14-15-16-17-18-19-24-28-34-45(52)56-38-42(39-58-60(54,55)57-37-41(49)36-47)59-46(53)35-29-33-44(51)43(50)32-27-23-21-20-22-26-31-40(48)30-25-6-4-2/h6,9-10,12-13,15-16,18-23,25-27,31-32,40-44,47-51H,3-5,7-8,11,14,17,24,28-30,33-39H2,1-2H3,(H,54,55)/b10-9-,13-12-,16-15-,19-18-,22-20+,23-21-,25-6-,31-26+,32-27-/t40-,41-,42+,43+,44+/m0/s1. The molecule has 13 nitrogen and oxygen atoms in total. The average Bonchev–Trinajstić information content (AvgIpc) is 3.22. The number of phosphoric acid groups is 1. The Hall–Kier alpha value is -3.49. The molecular weight excluding hydrogens is 791 g/mol. The second kappa shape index (κ2) is 39.6. The maximum atomic E-state index is 12.6. The van der Waals surface area contributed by atoms with Crippen molar-refractivity contribution in [3.63, 3.8) is 0 Å². The van der Waals surface area contributed by atoms with Crippen molar-refractivity contribution < 1.29 is 63.1 Å². The highest BCUT2D eigenvalue weighted by molar-refractivity contribution is 7.47. The van der Waals surface area contributed by atoms with Crippen LogP contribution in [0.15, 0.2) is 109 Å². The molecule has 1 unspecified atom stereocenters. The van der Waals surface area contributed by atoms with Crippen molar-refractivity contribution in [3.05, 3.63) is 109 Å². The number of esters is 2. The minimum absolute atomic E-state index is 0.0489.